The summed E-state index contributed by atoms with van der Waals surface area (Å²) in [5.41, 5.74) is 4.20. The van der Waals surface area contributed by atoms with Crippen molar-refractivity contribution in [2.24, 2.45) is 5.73 Å². The van der Waals surface area contributed by atoms with Gasteiger partial charge >= 0.3 is 8.80 Å². The van der Waals surface area contributed by atoms with Gasteiger partial charge in [0.05, 0.1) is 12.1 Å². The Labute approximate surface area is 140 Å². The van der Waals surface area contributed by atoms with E-state index in [1.165, 1.54) is 0 Å². The number of carbonyl (C=O) groups is 5. The molecule has 24 heavy (non-hydrogen) atoms. The fraction of sp³-hybridized carbons (Fsp3) is 0.615. The molecule has 0 bridgehead atoms. The number of carbonyl (C=O) groups excluding carboxylic acids is 5. The fourth-order valence-electron chi connectivity index (χ4n) is 1.91. The second-order valence-corrected chi connectivity index (χ2v) is 7.51. The first-order chi connectivity index (χ1) is 11.1. The minimum atomic E-state index is -4.19. The maximum absolute atomic E-state index is 11.9. The van der Waals surface area contributed by atoms with E-state index < -0.39 is 44.1 Å². The molecule has 0 aliphatic rings. The minimum absolute atomic E-state index is 0.185. The summed E-state index contributed by atoms with van der Waals surface area (Å²) in [7, 11) is -4.19. The normalized spacial score (nSPS) is 11.9. The van der Waals surface area contributed by atoms with Gasteiger partial charge in [0, 0.05) is 27.2 Å². The number of nitrogens with two attached hydrogens (primary N) is 1. The average molecular weight is 362 g/mol. The Bertz CT molecular complexity index is 481. The zero-order chi connectivity index (χ0) is 18.9. The standard InChI is InChI=1S/C13H22N2O8Si/c1-5-11(6-12(19)15-13(20)7-14)24(21-8(2)16,22-9(3)17)23-10(4)18/h11H,5-7,14H2,1-4H3,(H,15,19,20). The highest BCUT2D eigenvalue weighted by molar-refractivity contribution is 6.67. The van der Waals surface area contributed by atoms with Gasteiger partial charge in [0.15, 0.2) is 0 Å². The van der Waals surface area contributed by atoms with Crippen LogP contribution in [0.4, 0.5) is 0 Å². The molecular weight excluding hydrogens is 340 g/mol. The number of amides is 2. The fourth-order valence-corrected chi connectivity index (χ4v) is 4.68. The van der Waals surface area contributed by atoms with Gasteiger partial charge < -0.3 is 19.0 Å². The summed E-state index contributed by atoms with van der Waals surface area (Å²) in [6.07, 6.45) is -0.174. The monoisotopic (exact) mass is 362 g/mol. The quantitative estimate of drug-likeness (QED) is 0.538. The molecule has 1 atom stereocenters. The van der Waals surface area contributed by atoms with Crippen molar-refractivity contribution >= 4 is 38.5 Å². The highest BCUT2D eigenvalue weighted by Crippen LogP contribution is 2.33. The van der Waals surface area contributed by atoms with E-state index in [1.54, 1.807) is 6.92 Å². The predicted octanol–water partition coefficient (Wildman–Crippen LogP) is -0.614. The van der Waals surface area contributed by atoms with Crippen molar-refractivity contribution in [1.29, 1.82) is 0 Å². The van der Waals surface area contributed by atoms with Crippen LogP contribution in [0.25, 0.3) is 0 Å². The van der Waals surface area contributed by atoms with E-state index in [4.69, 9.17) is 19.0 Å². The lowest BCUT2D eigenvalue weighted by atomic mass is 10.2. The highest BCUT2D eigenvalue weighted by Gasteiger charge is 2.59. The summed E-state index contributed by atoms with van der Waals surface area (Å²) in [5.74, 6) is -3.92. The molecule has 11 heteroatoms. The lowest BCUT2D eigenvalue weighted by molar-refractivity contribution is -0.149. The molecule has 136 valence electrons. The van der Waals surface area contributed by atoms with Crippen LogP contribution < -0.4 is 11.1 Å². The number of hydrogen-bond acceptors (Lipinski definition) is 9. The third-order valence-corrected chi connectivity index (χ3v) is 6.08. The Morgan fingerprint density at radius 1 is 0.917 bits per heavy atom. The lowest BCUT2D eigenvalue weighted by Gasteiger charge is -2.31. The van der Waals surface area contributed by atoms with Gasteiger partial charge in [0.2, 0.25) is 11.8 Å². The van der Waals surface area contributed by atoms with Crippen LogP contribution in [-0.2, 0) is 37.3 Å². The molecule has 0 aliphatic carbocycles. The van der Waals surface area contributed by atoms with E-state index >= 15 is 0 Å². The average Bonchev–Trinajstić information content (AvgIpc) is 2.41. The third kappa shape index (κ3) is 7.33. The van der Waals surface area contributed by atoms with Crippen molar-refractivity contribution in [3.05, 3.63) is 0 Å². The Balaban J connectivity index is 5.61. The van der Waals surface area contributed by atoms with Crippen LogP contribution in [0.15, 0.2) is 0 Å². The minimum Gasteiger partial charge on any atom is -0.455 e. The largest absolute Gasteiger partial charge is 0.708 e. The first kappa shape index (κ1) is 21.7. The number of nitrogens with one attached hydrogen (secondary N) is 1. The van der Waals surface area contributed by atoms with Gasteiger partial charge in [-0.25, -0.2) is 0 Å². The van der Waals surface area contributed by atoms with Gasteiger partial charge in [0.1, 0.15) is 0 Å². The molecule has 0 rings (SSSR count). The van der Waals surface area contributed by atoms with Crippen molar-refractivity contribution in [2.45, 2.75) is 46.1 Å². The SMILES string of the molecule is CCC(CC(=O)NC(=O)CN)[Si](OC(C)=O)(OC(C)=O)OC(C)=O. The van der Waals surface area contributed by atoms with Gasteiger partial charge in [-0.05, 0) is 6.42 Å². The predicted molar refractivity (Wildman–Crippen MR) is 81.9 cm³/mol. The molecular formula is C13H22N2O8Si. The van der Waals surface area contributed by atoms with E-state index in [-0.39, 0.29) is 19.4 Å². The molecule has 0 spiro atoms. The molecule has 0 aromatic heterocycles. The van der Waals surface area contributed by atoms with Gasteiger partial charge in [-0.15, -0.1) is 0 Å². The van der Waals surface area contributed by atoms with Crippen LogP contribution in [0.5, 0.6) is 0 Å². The van der Waals surface area contributed by atoms with Gasteiger partial charge in [-0.2, -0.15) is 0 Å². The first-order valence-corrected chi connectivity index (χ1v) is 8.98. The first-order valence-electron chi connectivity index (χ1n) is 7.17. The third-order valence-electron chi connectivity index (χ3n) is 2.75. The summed E-state index contributed by atoms with van der Waals surface area (Å²) >= 11 is 0. The second kappa shape index (κ2) is 9.77. The molecule has 1 unspecified atom stereocenters. The van der Waals surface area contributed by atoms with E-state index in [2.05, 4.69) is 0 Å². The maximum atomic E-state index is 11.9. The van der Waals surface area contributed by atoms with Crippen molar-refractivity contribution < 1.29 is 37.3 Å². The Kier molecular flexibility index (Phi) is 8.85. The molecule has 10 nitrogen and oxygen atoms in total. The van der Waals surface area contributed by atoms with E-state index in [1.807, 2.05) is 5.32 Å². The molecule has 0 fully saturated rings. The lowest BCUT2D eigenvalue weighted by Crippen LogP contribution is -2.54. The zero-order valence-electron chi connectivity index (χ0n) is 14.0. The Hall–Kier alpha value is -2.27. The second-order valence-electron chi connectivity index (χ2n) is 4.87. The van der Waals surface area contributed by atoms with Gasteiger partial charge in [-0.3, -0.25) is 29.3 Å². The molecule has 3 N–H and O–H groups in total. The van der Waals surface area contributed by atoms with Crippen LogP contribution in [0.1, 0.15) is 40.5 Å². The highest BCUT2D eigenvalue weighted by atomic mass is 28.4. The molecule has 0 saturated heterocycles. The summed E-state index contributed by atoms with van der Waals surface area (Å²) in [5, 5.41) is 2.02. The van der Waals surface area contributed by atoms with Gasteiger partial charge in [-0.1, -0.05) is 6.92 Å². The molecule has 2 amide bonds. The summed E-state index contributed by atoms with van der Waals surface area (Å²) in [4.78, 5) is 57.3. The van der Waals surface area contributed by atoms with Crippen LogP contribution >= 0.6 is 0 Å². The van der Waals surface area contributed by atoms with Crippen LogP contribution in [-0.4, -0.2) is 45.1 Å². The summed E-state index contributed by atoms with van der Waals surface area (Å²) in [6, 6.07) is 0. The summed E-state index contributed by atoms with van der Waals surface area (Å²) < 4.78 is 15.2. The van der Waals surface area contributed by atoms with E-state index in [0.29, 0.717) is 0 Å². The van der Waals surface area contributed by atoms with Crippen LogP contribution in [0, 0.1) is 0 Å². The molecule has 0 aliphatic heterocycles. The number of hydrogen-bond donors (Lipinski definition) is 2. The Morgan fingerprint density at radius 3 is 1.62 bits per heavy atom. The molecule has 0 radical (unpaired) electrons. The van der Waals surface area contributed by atoms with Crippen molar-refractivity contribution in [3.63, 3.8) is 0 Å². The Morgan fingerprint density at radius 2 is 1.33 bits per heavy atom. The van der Waals surface area contributed by atoms with E-state index in [0.717, 1.165) is 20.8 Å². The smallest absolute Gasteiger partial charge is 0.455 e. The van der Waals surface area contributed by atoms with E-state index in [9.17, 15) is 24.0 Å². The van der Waals surface area contributed by atoms with Crippen LogP contribution in [0.2, 0.25) is 5.54 Å². The molecule has 0 heterocycles. The van der Waals surface area contributed by atoms with Crippen molar-refractivity contribution in [3.8, 4) is 0 Å². The van der Waals surface area contributed by atoms with Gasteiger partial charge in [0.25, 0.3) is 17.9 Å². The summed E-state index contributed by atoms with van der Waals surface area (Å²) in [6.45, 7) is 4.41. The van der Waals surface area contributed by atoms with Crippen LogP contribution in [0.3, 0.4) is 0 Å². The van der Waals surface area contributed by atoms with Crippen molar-refractivity contribution in [2.75, 3.05) is 6.54 Å². The molecule has 0 aromatic rings. The number of rotatable bonds is 8. The zero-order valence-corrected chi connectivity index (χ0v) is 15.0. The topological polar surface area (TPSA) is 151 Å². The number of imide groups is 1. The van der Waals surface area contributed by atoms with Crippen molar-refractivity contribution in [1.82, 2.24) is 5.32 Å². The molecule has 0 aromatic carbocycles. The molecule has 0 saturated carbocycles. The maximum Gasteiger partial charge on any atom is 0.708 e.